The fraction of sp³-hybridized carbons (Fsp3) is 0.667. The summed E-state index contributed by atoms with van der Waals surface area (Å²) in [6.07, 6.45) is 18.1. The summed E-state index contributed by atoms with van der Waals surface area (Å²) in [7, 11) is -4.77. The number of aliphatic hydroxyl groups excluding tert-OH is 2. The maximum absolute atomic E-state index is 13.0. The molecule has 0 bridgehead atoms. The Hall–Kier alpha value is -3.70. The van der Waals surface area contributed by atoms with Crippen LogP contribution >= 0.6 is 7.82 Å². The molecule has 4 heterocycles. The number of nitrogens with two attached hydrogens (primary N) is 1. The molecule has 0 spiro atoms. The Morgan fingerprint density at radius 1 is 0.946 bits per heavy atom. The molecule has 0 aromatic carbocycles. The summed E-state index contributed by atoms with van der Waals surface area (Å²) < 4.78 is 36.5. The second-order valence-corrected chi connectivity index (χ2v) is 15.9. The molecule has 1 aliphatic rings. The predicted octanol–water partition coefficient (Wildman–Crippen LogP) is 6.31. The molecule has 0 aliphatic carbocycles. The second-order valence-electron chi connectivity index (χ2n) is 14.4. The van der Waals surface area contributed by atoms with E-state index < -0.39 is 44.4 Å². The highest BCUT2D eigenvalue weighted by Gasteiger charge is 2.58. The summed E-state index contributed by atoms with van der Waals surface area (Å²) in [5, 5.41) is 48.4. The molecule has 308 valence electrons. The summed E-state index contributed by atoms with van der Waals surface area (Å²) in [4.78, 5) is 18.7. The number of nitrogens with one attached hydrogen (secondary N) is 1. The molecule has 56 heavy (non-hydrogen) atoms. The Morgan fingerprint density at radius 3 is 2.21 bits per heavy atom. The number of nitrogen functional groups attached to an aromatic ring is 1. The third kappa shape index (κ3) is 13.5. The van der Waals surface area contributed by atoms with E-state index in [0.717, 1.165) is 19.3 Å². The van der Waals surface area contributed by atoms with E-state index in [0.29, 0.717) is 23.5 Å². The number of rotatable bonds is 28. The van der Waals surface area contributed by atoms with Crippen molar-refractivity contribution >= 4 is 25.0 Å². The van der Waals surface area contributed by atoms with Gasteiger partial charge in [0.05, 0.1) is 43.2 Å². The Morgan fingerprint density at radius 2 is 1.59 bits per heavy atom. The molecule has 0 saturated carbocycles. The summed E-state index contributed by atoms with van der Waals surface area (Å²) in [5.41, 5.74) is 4.60. The molecule has 0 amide bonds. The highest BCUT2D eigenvalue weighted by molar-refractivity contribution is 7.47. The molecule has 16 nitrogen and oxygen atoms in total. The molecule has 3 aromatic heterocycles. The average Bonchev–Trinajstić information content (AvgIpc) is 3.75. The van der Waals surface area contributed by atoms with Gasteiger partial charge < -0.3 is 35.6 Å². The number of unbranched alkanes of at least 4 members (excludes halogenated alkanes) is 15. The first kappa shape index (κ1) is 45.0. The van der Waals surface area contributed by atoms with Crippen molar-refractivity contribution in [2.75, 3.05) is 37.5 Å². The number of aromatic nitrogens is 4. The number of nitriles is 2. The first-order chi connectivity index (χ1) is 27.1. The average molecular weight is 799 g/mol. The summed E-state index contributed by atoms with van der Waals surface area (Å²) in [6, 6.07) is 9.39. The molecular weight excluding hydrogens is 739 g/mol. The smallest absolute Gasteiger partial charge is 0.387 e. The van der Waals surface area contributed by atoms with Crippen molar-refractivity contribution in [3.8, 4) is 12.1 Å². The van der Waals surface area contributed by atoms with Crippen LogP contribution in [0.5, 0.6) is 0 Å². The molecule has 1 saturated heterocycles. The van der Waals surface area contributed by atoms with Crippen LogP contribution in [0.25, 0.3) is 5.52 Å². The zero-order valence-corrected chi connectivity index (χ0v) is 33.4. The van der Waals surface area contributed by atoms with Gasteiger partial charge in [0.1, 0.15) is 42.0 Å². The van der Waals surface area contributed by atoms with Crippen molar-refractivity contribution in [3.63, 3.8) is 0 Å². The van der Waals surface area contributed by atoms with E-state index in [2.05, 4.69) is 33.4 Å². The normalized spacial score (nSPS) is 21.1. The van der Waals surface area contributed by atoms with Crippen molar-refractivity contribution in [2.24, 2.45) is 0 Å². The number of phosphoric acid groups is 1. The number of fused-ring (bicyclic) bond motifs is 1. The Balaban J connectivity index is 1.18. The summed E-state index contributed by atoms with van der Waals surface area (Å²) >= 11 is 0. The van der Waals surface area contributed by atoms with Gasteiger partial charge in [0.25, 0.3) is 0 Å². The Bertz CT molecular complexity index is 1750. The van der Waals surface area contributed by atoms with Crippen LogP contribution in [-0.2, 0) is 28.7 Å². The van der Waals surface area contributed by atoms with Gasteiger partial charge in [-0.05, 0) is 30.7 Å². The van der Waals surface area contributed by atoms with Gasteiger partial charge >= 0.3 is 7.82 Å². The summed E-state index contributed by atoms with van der Waals surface area (Å²) in [5.74, 6) is 0.476. The van der Waals surface area contributed by atoms with E-state index in [1.807, 2.05) is 6.07 Å². The number of anilines is 2. The maximum atomic E-state index is 13.0. The third-order valence-corrected chi connectivity index (χ3v) is 11.0. The van der Waals surface area contributed by atoms with Crippen molar-refractivity contribution < 1.29 is 38.2 Å². The lowest BCUT2D eigenvalue weighted by Gasteiger charge is -2.24. The zero-order valence-electron chi connectivity index (χ0n) is 32.5. The number of hydrogen-bond donors (Lipinski definition) is 5. The van der Waals surface area contributed by atoms with E-state index in [9.17, 15) is 30.2 Å². The van der Waals surface area contributed by atoms with Gasteiger partial charge in [-0.1, -0.05) is 103 Å². The number of hydrogen-bond acceptors (Lipinski definition) is 14. The third-order valence-electron chi connectivity index (χ3n) is 10.0. The van der Waals surface area contributed by atoms with E-state index in [1.54, 1.807) is 6.07 Å². The topological polar surface area (TPSA) is 243 Å². The molecule has 17 heteroatoms. The van der Waals surface area contributed by atoms with Crippen LogP contribution in [0.1, 0.15) is 121 Å². The minimum atomic E-state index is -4.77. The van der Waals surface area contributed by atoms with Crippen LogP contribution in [-0.4, -0.2) is 85.5 Å². The lowest BCUT2D eigenvalue weighted by Crippen LogP contribution is -2.41. The number of aliphatic hydroxyl groups is 2. The van der Waals surface area contributed by atoms with Gasteiger partial charge in [-0.2, -0.15) is 15.6 Å². The maximum Gasteiger partial charge on any atom is 0.472 e. The Labute approximate surface area is 330 Å². The minimum absolute atomic E-state index is 0.0733. The van der Waals surface area contributed by atoms with Gasteiger partial charge in [0.2, 0.25) is 5.60 Å². The fourth-order valence-electron chi connectivity index (χ4n) is 6.84. The second kappa shape index (κ2) is 23.5. The minimum Gasteiger partial charge on any atom is -0.387 e. The van der Waals surface area contributed by atoms with Crippen LogP contribution in [0.2, 0.25) is 0 Å². The van der Waals surface area contributed by atoms with Crippen molar-refractivity contribution in [1.29, 1.82) is 10.5 Å². The quantitative estimate of drug-likeness (QED) is 0.0399. The zero-order chi connectivity index (χ0) is 40.2. The van der Waals surface area contributed by atoms with Crippen molar-refractivity contribution in [1.82, 2.24) is 19.6 Å². The van der Waals surface area contributed by atoms with Crippen LogP contribution in [0.3, 0.4) is 0 Å². The predicted molar refractivity (Wildman–Crippen MR) is 210 cm³/mol. The number of ether oxygens (including phenoxy) is 2. The van der Waals surface area contributed by atoms with Crippen molar-refractivity contribution in [3.05, 3.63) is 48.0 Å². The molecule has 1 aliphatic heterocycles. The van der Waals surface area contributed by atoms with Crippen LogP contribution in [0.4, 0.5) is 11.6 Å². The molecule has 1 fully saturated rings. The van der Waals surface area contributed by atoms with Gasteiger partial charge in [-0.25, -0.2) is 19.0 Å². The van der Waals surface area contributed by atoms with E-state index in [1.165, 1.54) is 119 Å². The number of nitrogens with zero attached hydrogens (tertiary/aromatic N) is 6. The molecule has 3 aromatic rings. The lowest BCUT2D eigenvalue weighted by molar-refractivity contribution is -0.0644. The first-order valence-electron chi connectivity index (χ1n) is 20.0. The molecule has 4 rings (SSSR count). The van der Waals surface area contributed by atoms with Gasteiger partial charge in [-0.15, -0.1) is 0 Å². The number of phosphoric ester groups is 1. The van der Waals surface area contributed by atoms with Gasteiger partial charge in [-0.3, -0.25) is 9.05 Å². The molecule has 6 N–H and O–H groups in total. The van der Waals surface area contributed by atoms with Gasteiger partial charge in [0, 0.05) is 12.8 Å². The van der Waals surface area contributed by atoms with Crippen LogP contribution in [0.15, 0.2) is 36.8 Å². The SMILES string of the molecule is CCCCCCCCCCCCCCCCCCOC[C@H](COP(=O)(O)OC[C@H]1O[C@@](C#N)(c2ccc3c(N)ncnn23)[C@H](O)[C@@H]1O)Nc1cc(C#N)ccn1. The van der Waals surface area contributed by atoms with E-state index in [-0.39, 0.29) is 24.7 Å². The number of pyridine rings is 1. The first-order valence-corrected chi connectivity index (χ1v) is 21.5. The highest BCUT2D eigenvalue weighted by Crippen LogP contribution is 2.46. The molecule has 1 unspecified atom stereocenters. The van der Waals surface area contributed by atoms with Crippen LogP contribution in [0, 0.1) is 22.7 Å². The monoisotopic (exact) mass is 798 g/mol. The molecular formula is C39H59N8O8P. The highest BCUT2D eigenvalue weighted by atomic mass is 31.2. The molecule has 6 atom stereocenters. The lowest BCUT2D eigenvalue weighted by atomic mass is 9.92. The van der Waals surface area contributed by atoms with E-state index in [4.69, 9.17) is 24.3 Å². The largest absolute Gasteiger partial charge is 0.472 e. The Kier molecular flexibility index (Phi) is 18.9. The van der Waals surface area contributed by atoms with Crippen LogP contribution < -0.4 is 11.1 Å². The fourth-order valence-corrected chi connectivity index (χ4v) is 7.61. The van der Waals surface area contributed by atoms with E-state index >= 15 is 0 Å². The standard InChI is InChI=1S/C39H59N8O8P/c1-2-3-4-5-6-7-8-9-10-11-12-13-14-15-16-17-22-52-25-31(46-35-23-30(24-40)20-21-43-35)26-53-56(50,51)54-27-33-36(48)37(49)39(28-41,55-33)34-19-18-32-38(42)44-29-45-47(32)34/h18-21,23,29,31,33,36-37,48-49H,2-17,22,25-27H2,1H3,(H,43,46)(H,50,51)(H2,42,44,45)/t31-,33-,36-,37-,39+/m1/s1. The van der Waals surface area contributed by atoms with Crippen molar-refractivity contribution in [2.45, 2.75) is 140 Å². The van der Waals surface area contributed by atoms with Gasteiger partial charge in [0.15, 0.2) is 5.82 Å². The molecule has 0 radical (unpaired) electrons. The summed E-state index contributed by atoms with van der Waals surface area (Å²) in [6.45, 7) is 1.81.